The maximum atomic E-state index is 11.2. The molecule has 98 valence electrons. The summed E-state index contributed by atoms with van der Waals surface area (Å²) < 4.78 is 0. The van der Waals surface area contributed by atoms with Gasteiger partial charge in [0.05, 0.1) is 0 Å². The lowest BCUT2D eigenvalue weighted by molar-refractivity contribution is -0.104. The molecule has 20 heavy (non-hydrogen) atoms. The number of benzene rings is 2. The highest BCUT2D eigenvalue weighted by molar-refractivity contribution is 6.11. The van der Waals surface area contributed by atoms with E-state index in [1.165, 1.54) is 0 Å². The van der Waals surface area contributed by atoms with Crippen LogP contribution >= 0.6 is 0 Å². The number of hydrogen-bond acceptors (Lipinski definition) is 2. The third-order valence-electron chi connectivity index (χ3n) is 2.91. The molecule has 2 nitrogen and oxygen atoms in total. The van der Waals surface area contributed by atoms with Gasteiger partial charge in [-0.2, -0.15) is 0 Å². The summed E-state index contributed by atoms with van der Waals surface area (Å²) >= 11 is 0. The zero-order chi connectivity index (χ0) is 14.2. The molecule has 0 atom stereocenters. The molecule has 0 aliphatic carbocycles. The number of allylic oxidation sites excluding steroid dienone is 4. The quantitative estimate of drug-likeness (QED) is 0.469. The molecule has 0 unspecified atom stereocenters. The van der Waals surface area contributed by atoms with Crippen LogP contribution in [0.15, 0.2) is 72.8 Å². The minimum atomic E-state index is 0.542. The summed E-state index contributed by atoms with van der Waals surface area (Å²) in [6.07, 6.45) is 4.91. The average molecular weight is 262 g/mol. The number of rotatable bonds is 5. The van der Waals surface area contributed by atoms with Crippen LogP contribution in [0.3, 0.4) is 0 Å². The molecule has 0 bridgehead atoms. The first-order valence-electron chi connectivity index (χ1n) is 6.28. The van der Waals surface area contributed by atoms with Gasteiger partial charge in [-0.15, -0.1) is 0 Å². The van der Waals surface area contributed by atoms with Gasteiger partial charge in [0.15, 0.2) is 12.6 Å². The SMILES string of the molecule is O=C/C(=C/C=C(/C=O)c1ccccc1)c1ccccc1. The molecular formula is C18H14O2. The van der Waals surface area contributed by atoms with Gasteiger partial charge in [0.25, 0.3) is 0 Å². The molecule has 0 spiro atoms. The van der Waals surface area contributed by atoms with E-state index in [1.54, 1.807) is 12.2 Å². The predicted molar refractivity (Wildman–Crippen MR) is 81.0 cm³/mol. The molecule has 0 saturated carbocycles. The third kappa shape index (κ3) is 3.39. The lowest BCUT2D eigenvalue weighted by Crippen LogP contribution is -1.87. The zero-order valence-corrected chi connectivity index (χ0v) is 10.9. The van der Waals surface area contributed by atoms with Gasteiger partial charge < -0.3 is 0 Å². The van der Waals surface area contributed by atoms with E-state index in [9.17, 15) is 9.59 Å². The van der Waals surface area contributed by atoms with E-state index in [1.807, 2.05) is 60.7 Å². The molecular weight excluding hydrogens is 248 g/mol. The first kappa shape index (κ1) is 13.7. The van der Waals surface area contributed by atoms with Crippen molar-refractivity contribution in [2.75, 3.05) is 0 Å². The van der Waals surface area contributed by atoms with Crippen molar-refractivity contribution < 1.29 is 9.59 Å². The summed E-state index contributed by atoms with van der Waals surface area (Å²) in [5.41, 5.74) is 2.75. The molecule has 2 aromatic rings. The van der Waals surface area contributed by atoms with Crippen molar-refractivity contribution in [1.82, 2.24) is 0 Å². The van der Waals surface area contributed by atoms with Crippen LogP contribution in [0.2, 0.25) is 0 Å². The molecule has 2 aromatic carbocycles. The number of carbonyl (C=O) groups is 2. The minimum absolute atomic E-state index is 0.542. The average Bonchev–Trinajstić information content (AvgIpc) is 2.53. The van der Waals surface area contributed by atoms with Crippen molar-refractivity contribution in [2.45, 2.75) is 0 Å². The standard InChI is InChI=1S/C18H14O2/c19-13-17(15-7-3-1-4-8-15)11-12-18(14-20)16-9-5-2-6-10-16/h1-14H/b17-11-,18-12-. The fourth-order valence-corrected chi connectivity index (χ4v) is 1.85. The van der Waals surface area contributed by atoms with Crippen molar-refractivity contribution in [3.63, 3.8) is 0 Å². The smallest absolute Gasteiger partial charge is 0.150 e. The largest absolute Gasteiger partial charge is 0.298 e. The van der Waals surface area contributed by atoms with E-state index < -0.39 is 0 Å². The van der Waals surface area contributed by atoms with Gasteiger partial charge in [0, 0.05) is 11.1 Å². The van der Waals surface area contributed by atoms with Gasteiger partial charge in [-0.25, -0.2) is 0 Å². The maximum absolute atomic E-state index is 11.2. The second-order valence-electron chi connectivity index (χ2n) is 4.21. The second-order valence-corrected chi connectivity index (χ2v) is 4.21. The van der Waals surface area contributed by atoms with Crippen LogP contribution in [0.5, 0.6) is 0 Å². The van der Waals surface area contributed by atoms with E-state index in [0.717, 1.165) is 23.7 Å². The van der Waals surface area contributed by atoms with Gasteiger partial charge in [-0.05, 0) is 11.1 Å². The number of aldehydes is 2. The molecule has 2 heteroatoms. The Morgan fingerprint density at radius 1 is 0.600 bits per heavy atom. The summed E-state index contributed by atoms with van der Waals surface area (Å²) in [4.78, 5) is 22.3. The van der Waals surface area contributed by atoms with E-state index in [0.29, 0.717) is 11.1 Å². The molecule has 0 fully saturated rings. The van der Waals surface area contributed by atoms with Crippen LogP contribution in [-0.4, -0.2) is 12.6 Å². The lowest BCUT2D eigenvalue weighted by atomic mass is 10.0. The van der Waals surface area contributed by atoms with Crippen molar-refractivity contribution in [2.24, 2.45) is 0 Å². The Bertz CT molecular complexity index is 578. The molecule has 0 aromatic heterocycles. The fraction of sp³-hybridized carbons (Fsp3) is 0. The van der Waals surface area contributed by atoms with Crippen LogP contribution < -0.4 is 0 Å². The Morgan fingerprint density at radius 2 is 0.950 bits per heavy atom. The summed E-state index contributed by atoms with van der Waals surface area (Å²) in [5, 5.41) is 0. The molecule has 0 amide bonds. The molecule has 2 rings (SSSR count). The third-order valence-corrected chi connectivity index (χ3v) is 2.91. The first-order valence-corrected chi connectivity index (χ1v) is 6.28. The predicted octanol–water partition coefficient (Wildman–Crippen LogP) is 3.55. The van der Waals surface area contributed by atoms with Crippen LogP contribution in [-0.2, 0) is 9.59 Å². The summed E-state index contributed by atoms with van der Waals surface area (Å²) in [6, 6.07) is 18.7. The highest BCUT2D eigenvalue weighted by Crippen LogP contribution is 2.15. The zero-order valence-electron chi connectivity index (χ0n) is 10.9. The monoisotopic (exact) mass is 262 g/mol. The van der Waals surface area contributed by atoms with E-state index in [4.69, 9.17) is 0 Å². The van der Waals surface area contributed by atoms with Crippen LogP contribution in [0.1, 0.15) is 11.1 Å². The molecule has 0 radical (unpaired) electrons. The van der Waals surface area contributed by atoms with Crippen LogP contribution in [0.4, 0.5) is 0 Å². The Labute approximate surface area is 118 Å². The van der Waals surface area contributed by atoms with Crippen LogP contribution in [0.25, 0.3) is 11.1 Å². The lowest BCUT2D eigenvalue weighted by Gasteiger charge is -2.00. The molecule has 0 aliphatic heterocycles. The van der Waals surface area contributed by atoms with E-state index in [-0.39, 0.29) is 0 Å². The highest BCUT2D eigenvalue weighted by atomic mass is 16.1. The molecule has 0 aliphatic rings. The van der Waals surface area contributed by atoms with Crippen molar-refractivity contribution in [1.29, 1.82) is 0 Å². The van der Waals surface area contributed by atoms with Gasteiger partial charge in [0.2, 0.25) is 0 Å². The van der Waals surface area contributed by atoms with Gasteiger partial charge in [-0.3, -0.25) is 9.59 Å². The Morgan fingerprint density at radius 3 is 1.25 bits per heavy atom. The molecule has 0 N–H and O–H groups in total. The van der Waals surface area contributed by atoms with Gasteiger partial charge >= 0.3 is 0 Å². The van der Waals surface area contributed by atoms with Gasteiger partial charge in [-0.1, -0.05) is 72.8 Å². The highest BCUT2D eigenvalue weighted by Gasteiger charge is 2.00. The van der Waals surface area contributed by atoms with E-state index in [2.05, 4.69) is 0 Å². The van der Waals surface area contributed by atoms with Gasteiger partial charge in [0.1, 0.15) is 0 Å². The Balaban J connectivity index is 2.35. The van der Waals surface area contributed by atoms with E-state index >= 15 is 0 Å². The number of hydrogen-bond donors (Lipinski definition) is 0. The van der Waals surface area contributed by atoms with Crippen molar-refractivity contribution >= 4 is 23.7 Å². The summed E-state index contributed by atoms with van der Waals surface area (Å²) in [7, 11) is 0. The fourth-order valence-electron chi connectivity index (χ4n) is 1.85. The maximum Gasteiger partial charge on any atom is 0.150 e. The van der Waals surface area contributed by atoms with Crippen LogP contribution in [0, 0.1) is 0 Å². The topological polar surface area (TPSA) is 34.1 Å². The normalized spacial score (nSPS) is 12.0. The first-order chi connectivity index (χ1) is 9.85. The Hall–Kier alpha value is -2.74. The summed E-state index contributed by atoms with van der Waals surface area (Å²) in [5.74, 6) is 0. The van der Waals surface area contributed by atoms with Crippen molar-refractivity contribution in [3.05, 3.63) is 83.9 Å². The second kappa shape index (κ2) is 7.00. The molecule has 0 saturated heterocycles. The summed E-state index contributed by atoms with van der Waals surface area (Å²) in [6.45, 7) is 0. The Kier molecular flexibility index (Phi) is 4.79. The minimum Gasteiger partial charge on any atom is -0.298 e. The molecule has 0 heterocycles. The van der Waals surface area contributed by atoms with Crippen molar-refractivity contribution in [3.8, 4) is 0 Å². The number of carbonyl (C=O) groups excluding carboxylic acids is 2.